The molecule has 4 aromatic rings. The maximum absolute atomic E-state index is 13.6. The fourth-order valence-corrected chi connectivity index (χ4v) is 5.53. The molecular weight excluding hydrogens is 562 g/mol. The number of nitrogens with two attached hydrogens (primary N) is 1. The van der Waals surface area contributed by atoms with Gasteiger partial charge in [-0.25, -0.2) is 0 Å². The Morgan fingerprint density at radius 1 is 0.889 bits per heavy atom. The summed E-state index contributed by atoms with van der Waals surface area (Å²) >= 11 is 0. The molecule has 8 nitrogen and oxygen atoms in total. The van der Waals surface area contributed by atoms with E-state index < -0.39 is 0 Å². The topological polar surface area (TPSA) is 101 Å². The third kappa shape index (κ3) is 8.77. The summed E-state index contributed by atoms with van der Waals surface area (Å²) in [5.74, 6) is -0.100. The van der Waals surface area contributed by atoms with Crippen molar-refractivity contribution in [2.45, 2.75) is 46.8 Å². The van der Waals surface area contributed by atoms with Gasteiger partial charge in [0.1, 0.15) is 0 Å². The van der Waals surface area contributed by atoms with Crippen molar-refractivity contribution >= 4 is 23.2 Å². The number of amides is 2. The molecule has 0 aliphatic carbocycles. The van der Waals surface area contributed by atoms with Gasteiger partial charge in [0.25, 0.3) is 5.91 Å². The van der Waals surface area contributed by atoms with Gasteiger partial charge in [0, 0.05) is 51.5 Å². The third-order valence-corrected chi connectivity index (χ3v) is 7.79. The SMILES string of the molecule is CC(C)(C)CC(=O)N(Cc1cccc(CN)c1)Cc1cccc(-c2ccc(N3CCOCC3)c(NC(=O)c3cccnc3)c2)c1. The summed E-state index contributed by atoms with van der Waals surface area (Å²) in [6, 6.07) is 26.1. The minimum atomic E-state index is -0.213. The van der Waals surface area contributed by atoms with Crippen LogP contribution in [0.5, 0.6) is 0 Å². The zero-order chi connectivity index (χ0) is 31.8. The van der Waals surface area contributed by atoms with Crippen molar-refractivity contribution in [2.75, 3.05) is 36.5 Å². The van der Waals surface area contributed by atoms with Crippen molar-refractivity contribution in [3.8, 4) is 11.1 Å². The molecule has 5 rings (SSSR count). The minimum Gasteiger partial charge on any atom is -0.378 e. The standard InChI is InChI=1S/C37H43N5O3/c1-37(2,3)22-35(43)42(25-28-8-4-7-27(19-28)23-38)26-29-9-5-10-30(20-29)31-12-13-34(41-15-17-45-18-16-41)33(21-31)40-36(44)32-11-6-14-39-24-32/h4-14,19-21,24H,15-18,22-23,25-26,38H2,1-3H3,(H,40,44). The Kier molecular flexibility index (Phi) is 10.3. The van der Waals surface area contributed by atoms with Gasteiger partial charge in [-0.05, 0) is 63.6 Å². The number of nitrogens with one attached hydrogen (secondary N) is 1. The fraction of sp³-hybridized carbons (Fsp3) is 0.324. The van der Waals surface area contributed by atoms with Gasteiger partial charge < -0.3 is 25.6 Å². The number of nitrogens with zero attached hydrogens (tertiary/aromatic N) is 3. The molecule has 1 aliphatic rings. The van der Waals surface area contributed by atoms with Crippen LogP contribution in [0.15, 0.2) is 91.3 Å². The number of hydrogen-bond donors (Lipinski definition) is 2. The predicted octanol–water partition coefficient (Wildman–Crippen LogP) is 6.26. The predicted molar refractivity (Wildman–Crippen MR) is 180 cm³/mol. The van der Waals surface area contributed by atoms with Crippen molar-refractivity contribution in [1.82, 2.24) is 9.88 Å². The molecule has 0 spiro atoms. The van der Waals surface area contributed by atoms with E-state index in [0.29, 0.717) is 44.8 Å². The monoisotopic (exact) mass is 605 g/mol. The molecule has 0 unspecified atom stereocenters. The second kappa shape index (κ2) is 14.5. The number of rotatable bonds is 10. The summed E-state index contributed by atoms with van der Waals surface area (Å²) in [5, 5.41) is 3.13. The number of hydrogen-bond acceptors (Lipinski definition) is 6. The molecule has 1 fully saturated rings. The molecule has 1 aromatic heterocycles. The van der Waals surface area contributed by atoms with Crippen molar-refractivity contribution < 1.29 is 14.3 Å². The minimum absolute atomic E-state index is 0.112. The highest BCUT2D eigenvalue weighted by molar-refractivity contribution is 6.06. The number of pyridine rings is 1. The van der Waals surface area contributed by atoms with Gasteiger partial charge in [-0.15, -0.1) is 0 Å². The highest BCUT2D eigenvalue weighted by Gasteiger charge is 2.23. The molecule has 234 valence electrons. The quantitative estimate of drug-likeness (QED) is 0.221. The molecule has 2 heterocycles. The van der Waals surface area contributed by atoms with E-state index in [1.807, 2.05) is 35.2 Å². The number of anilines is 2. The molecule has 3 aromatic carbocycles. The first-order valence-electron chi connectivity index (χ1n) is 15.5. The Morgan fingerprint density at radius 2 is 1.58 bits per heavy atom. The molecule has 0 bridgehead atoms. The Bertz CT molecular complexity index is 1610. The summed E-state index contributed by atoms with van der Waals surface area (Å²) in [5.41, 5.74) is 13.1. The fourth-order valence-electron chi connectivity index (χ4n) is 5.53. The smallest absolute Gasteiger partial charge is 0.257 e. The van der Waals surface area contributed by atoms with Gasteiger partial charge in [-0.2, -0.15) is 0 Å². The molecular formula is C37H43N5O3. The molecule has 0 radical (unpaired) electrons. The molecule has 8 heteroatoms. The summed E-state index contributed by atoms with van der Waals surface area (Å²) in [7, 11) is 0. The maximum atomic E-state index is 13.6. The lowest BCUT2D eigenvalue weighted by Crippen LogP contribution is -2.36. The van der Waals surface area contributed by atoms with Crippen LogP contribution in [0.3, 0.4) is 0 Å². The van der Waals surface area contributed by atoms with Crippen LogP contribution in [0.1, 0.15) is 54.2 Å². The first-order chi connectivity index (χ1) is 21.7. The van der Waals surface area contributed by atoms with Crippen LogP contribution in [0.25, 0.3) is 11.1 Å². The lowest BCUT2D eigenvalue weighted by molar-refractivity contribution is -0.134. The normalized spacial score (nSPS) is 13.4. The summed E-state index contributed by atoms with van der Waals surface area (Å²) in [6.07, 6.45) is 3.67. The van der Waals surface area contributed by atoms with E-state index in [1.54, 1.807) is 24.5 Å². The van der Waals surface area contributed by atoms with Crippen LogP contribution in [0, 0.1) is 5.41 Å². The molecule has 45 heavy (non-hydrogen) atoms. The van der Waals surface area contributed by atoms with E-state index in [1.165, 1.54) is 0 Å². The number of benzene rings is 3. The van der Waals surface area contributed by atoms with E-state index >= 15 is 0 Å². The number of aromatic nitrogens is 1. The van der Waals surface area contributed by atoms with Crippen LogP contribution >= 0.6 is 0 Å². The second-order valence-electron chi connectivity index (χ2n) is 12.7. The van der Waals surface area contributed by atoms with Gasteiger partial charge in [0.05, 0.1) is 30.2 Å². The third-order valence-electron chi connectivity index (χ3n) is 7.79. The van der Waals surface area contributed by atoms with Crippen LogP contribution in [-0.4, -0.2) is 48.0 Å². The van der Waals surface area contributed by atoms with E-state index in [-0.39, 0.29) is 17.2 Å². The van der Waals surface area contributed by atoms with E-state index in [2.05, 4.69) is 72.4 Å². The lowest BCUT2D eigenvalue weighted by Gasteiger charge is -2.31. The van der Waals surface area contributed by atoms with Gasteiger partial charge in [-0.3, -0.25) is 14.6 Å². The highest BCUT2D eigenvalue weighted by Crippen LogP contribution is 2.33. The first kappa shape index (κ1) is 31.9. The van der Waals surface area contributed by atoms with E-state index in [0.717, 1.165) is 52.3 Å². The maximum Gasteiger partial charge on any atom is 0.257 e. The first-order valence-corrected chi connectivity index (χ1v) is 15.5. The van der Waals surface area contributed by atoms with E-state index in [9.17, 15) is 9.59 Å². The number of carbonyl (C=O) groups is 2. The average molecular weight is 606 g/mol. The van der Waals surface area contributed by atoms with Gasteiger partial charge in [0.15, 0.2) is 0 Å². The van der Waals surface area contributed by atoms with Gasteiger partial charge in [0.2, 0.25) is 5.91 Å². The Labute approximate surface area is 266 Å². The highest BCUT2D eigenvalue weighted by atomic mass is 16.5. The number of ether oxygens (including phenoxy) is 1. The average Bonchev–Trinajstić information content (AvgIpc) is 3.04. The van der Waals surface area contributed by atoms with Crippen LogP contribution in [-0.2, 0) is 29.2 Å². The lowest BCUT2D eigenvalue weighted by atomic mass is 9.91. The van der Waals surface area contributed by atoms with Crippen LogP contribution in [0.2, 0.25) is 0 Å². The van der Waals surface area contributed by atoms with Crippen molar-refractivity contribution in [3.05, 3.63) is 114 Å². The zero-order valence-electron chi connectivity index (χ0n) is 26.5. The van der Waals surface area contributed by atoms with Crippen molar-refractivity contribution in [1.29, 1.82) is 0 Å². The molecule has 0 saturated carbocycles. The molecule has 2 amide bonds. The zero-order valence-corrected chi connectivity index (χ0v) is 26.5. The Balaban J connectivity index is 1.43. The van der Waals surface area contributed by atoms with Crippen LogP contribution in [0.4, 0.5) is 11.4 Å². The summed E-state index contributed by atoms with van der Waals surface area (Å²) in [4.78, 5) is 35.0. The van der Waals surface area contributed by atoms with Crippen molar-refractivity contribution in [3.63, 3.8) is 0 Å². The summed E-state index contributed by atoms with van der Waals surface area (Å²) in [6.45, 7) is 10.5. The van der Waals surface area contributed by atoms with E-state index in [4.69, 9.17) is 10.5 Å². The molecule has 1 saturated heterocycles. The van der Waals surface area contributed by atoms with Gasteiger partial charge in [-0.1, -0.05) is 69.3 Å². The Morgan fingerprint density at radius 3 is 2.27 bits per heavy atom. The Hall–Kier alpha value is -4.53. The molecule has 0 atom stereocenters. The molecule has 1 aliphatic heterocycles. The second-order valence-corrected chi connectivity index (χ2v) is 12.7. The van der Waals surface area contributed by atoms with Crippen molar-refractivity contribution in [2.24, 2.45) is 11.1 Å². The number of morpholine rings is 1. The number of carbonyl (C=O) groups excluding carboxylic acids is 2. The molecule has 3 N–H and O–H groups in total. The summed E-state index contributed by atoms with van der Waals surface area (Å²) < 4.78 is 5.57. The van der Waals surface area contributed by atoms with Gasteiger partial charge >= 0.3 is 0 Å². The largest absolute Gasteiger partial charge is 0.378 e. The van der Waals surface area contributed by atoms with Crippen LogP contribution < -0.4 is 16.0 Å².